The van der Waals surface area contributed by atoms with Gasteiger partial charge in [-0.1, -0.05) is 41.4 Å². The number of esters is 1. The normalized spacial score (nSPS) is 11.6. The lowest BCUT2D eigenvalue weighted by Gasteiger charge is -2.14. The summed E-state index contributed by atoms with van der Waals surface area (Å²) in [6.07, 6.45) is 1.24. The molecule has 0 aliphatic rings. The third-order valence-electron chi connectivity index (χ3n) is 4.63. The van der Waals surface area contributed by atoms with Crippen molar-refractivity contribution in [2.75, 3.05) is 13.7 Å². The average Bonchev–Trinajstić information content (AvgIpc) is 2.76. The van der Waals surface area contributed by atoms with Crippen LogP contribution < -0.4 is 15.0 Å². The summed E-state index contributed by atoms with van der Waals surface area (Å²) in [5, 5.41) is 5.07. The summed E-state index contributed by atoms with van der Waals surface area (Å²) in [5.74, 6) is 0.479. The molecule has 0 fully saturated rings. The second-order valence-corrected chi connectivity index (χ2v) is 9.33. The van der Waals surface area contributed by atoms with Crippen molar-refractivity contribution >= 4 is 50.6 Å². The predicted octanol–water partition coefficient (Wildman–Crippen LogP) is 5.16. The van der Waals surface area contributed by atoms with E-state index in [1.54, 1.807) is 38.1 Å². The van der Waals surface area contributed by atoms with Crippen LogP contribution in [-0.2, 0) is 9.53 Å². The molecule has 34 heavy (non-hydrogen) atoms. The summed E-state index contributed by atoms with van der Waals surface area (Å²) < 4.78 is 18.0. The Morgan fingerprint density at radius 1 is 1.24 bits per heavy atom. The molecule has 0 bridgehead atoms. The van der Waals surface area contributed by atoms with Crippen molar-refractivity contribution < 1.29 is 19.0 Å². The molecule has 8 nitrogen and oxygen atoms in total. The molecule has 0 saturated heterocycles. The van der Waals surface area contributed by atoms with Crippen LogP contribution in [0.4, 0.5) is 0 Å². The van der Waals surface area contributed by atoms with E-state index in [0.717, 1.165) is 4.47 Å². The number of hydrogen-bond donors (Lipinski definition) is 0. The molecule has 0 saturated carbocycles. The average molecular weight is 551 g/mol. The van der Waals surface area contributed by atoms with Crippen LogP contribution in [0.5, 0.6) is 11.5 Å². The van der Waals surface area contributed by atoms with Gasteiger partial charge in [-0.3, -0.25) is 4.79 Å². The first-order valence-electron chi connectivity index (χ1n) is 10.6. The Morgan fingerprint density at radius 3 is 2.62 bits per heavy atom. The van der Waals surface area contributed by atoms with Gasteiger partial charge in [0.25, 0.3) is 5.56 Å². The highest BCUT2D eigenvalue weighted by molar-refractivity contribution is 9.10. The molecule has 0 aliphatic carbocycles. The molecule has 1 aromatic heterocycles. The number of carbonyl (C=O) groups is 1. The molecule has 2 aromatic carbocycles. The zero-order valence-electron chi connectivity index (χ0n) is 19.5. The van der Waals surface area contributed by atoms with Crippen LogP contribution in [-0.4, -0.2) is 41.7 Å². The minimum absolute atomic E-state index is 0.0441. The van der Waals surface area contributed by atoms with Crippen LogP contribution in [0, 0.1) is 0 Å². The minimum atomic E-state index is -0.519. The zero-order valence-corrected chi connectivity index (χ0v) is 21.8. The fourth-order valence-electron chi connectivity index (χ4n) is 3.16. The molecule has 3 rings (SSSR count). The van der Waals surface area contributed by atoms with Crippen LogP contribution in [0.25, 0.3) is 10.9 Å². The van der Waals surface area contributed by atoms with Gasteiger partial charge in [0.05, 0.1) is 35.4 Å². The summed E-state index contributed by atoms with van der Waals surface area (Å²) in [4.78, 5) is 29.6. The predicted molar refractivity (Wildman–Crippen MR) is 136 cm³/mol. The highest BCUT2D eigenvalue weighted by atomic mass is 79.9. The second-order valence-electron chi connectivity index (χ2n) is 8.01. The number of halogens is 2. The number of aromatic nitrogens is 2. The van der Waals surface area contributed by atoms with Gasteiger partial charge in [0, 0.05) is 10.4 Å². The van der Waals surface area contributed by atoms with Gasteiger partial charge in [0.2, 0.25) is 0 Å². The number of rotatable bonds is 8. The van der Waals surface area contributed by atoms with E-state index < -0.39 is 5.97 Å². The largest absolute Gasteiger partial charge is 0.493 e. The van der Waals surface area contributed by atoms with Crippen LogP contribution in [0.1, 0.15) is 45.0 Å². The number of fused-ring (bicyclic) bond motifs is 1. The van der Waals surface area contributed by atoms with Gasteiger partial charge in [-0.15, -0.1) is 0 Å². The highest BCUT2D eigenvalue weighted by Gasteiger charge is 2.16. The molecule has 3 aromatic rings. The zero-order chi connectivity index (χ0) is 25.0. The van der Waals surface area contributed by atoms with Gasteiger partial charge in [-0.05, 0) is 49.7 Å². The highest BCUT2D eigenvalue weighted by Crippen LogP contribution is 2.36. The van der Waals surface area contributed by atoms with Crippen LogP contribution in [0.15, 0.2) is 44.7 Å². The van der Waals surface area contributed by atoms with Crippen LogP contribution >= 0.6 is 27.5 Å². The first kappa shape index (κ1) is 25.7. The Bertz CT molecular complexity index is 1300. The molecule has 0 atom stereocenters. The third kappa shape index (κ3) is 5.95. The Hall–Kier alpha value is -2.91. The molecule has 0 unspecified atom stereocenters. The van der Waals surface area contributed by atoms with E-state index in [-0.39, 0.29) is 35.0 Å². The Labute approximate surface area is 210 Å². The van der Waals surface area contributed by atoms with E-state index in [1.165, 1.54) is 18.0 Å². The fraction of sp³-hybridized carbons (Fsp3) is 0.333. The molecular formula is C24H25BrClN3O5. The van der Waals surface area contributed by atoms with Crippen molar-refractivity contribution in [2.45, 2.75) is 39.7 Å². The van der Waals surface area contributed by atoms with Gasteiger partial charge in [0.15, 0.2) is 18.1 Å². The first-order valence-corrected chi connectivity index (χ1v) is 11.7. The molecule has 0 spiro atoms. The summed E-state index contributed by atoms with van der Waals surface area (Å²) in [7, 11) is 1.46. The SMILES string of the molecule is COc1cc(C=Nn2c(C(C)C)nc3ccc(Br)cc3c2=O)cc(Cl)c1OCC(=O)OC(C)C. The third-order valence-corrected chi connectivity index (χ3v) is 5.40. The van der Waals surface area contributed by atoms with Crippen molar-refractivity contribution in [1.29, 1.82) is 0 Å². The van der Waals surface area contributed by atoms with Gasteiger partial charge in [-0.25, -0.2) is 9.78 Å². The summed E-state index contributed by atoms with van der Waals surface area (Å²) >= 11 is 9.78. The lowest BCUT2D eigenvalue weighted by atomic mass is 10.2. The van der Waals surface area contributed by atoms with E-state index in [0.29, 0.717) is 28.0 Å². The van der Waals surface area contributed by atoms with E-state index in [4.69, 9.17) is 25.8 Å². The second kappa shape index (κ2) is 11.0. The van der Waals surface area contributed by atoms with Crippen LogP contribution in [0.3, 0.4) is 0 Å². The summed E-state index contributed by atoms with van der Waals surface area (Å²) in [6, 6.07) is 8.59. The van der Waals surface area contributed by atoms with Crippen molar-refractivity contribution in [3.8, 4) is 11.5 Å². The van der Waals surface area contributed by atoms with E-state index in [9.17, 15) is 9.59 Å². The maximum atomic E-state index is 13.2. The molecule has 1 heterocycles. The van der Waals surface area contributed by atoms with Gasteiger partial charge in [-0.2, -0.15) is 9.78 Å². The first-order chi connectivity index (χ1) is 16.1. The fourth-order valence-corrected chi connectivity index (χ4v) is 3.79. The maximum absolute atomic E-state index is 13.2. The topological polar surface area (TPSA) is 92.0 Å². The Balaban J connectivity index is 1.97. The van der Waals surface area contributed by atoms with Crippen molar-refractivity contribution in [3.63, 3.8) is 0 Å². The van der Waals surface area contributed by atoms with Gasteiger partial charge < -0.3 is 14.2 Å². The number of nitrogens with zero attached hydrogens (tertiary/aromatic N) is 3. The number of ether oxygens (including phenoxy) is 3. The standard InChI is InChI=1S/C24H25BrClN3O5/c1-13(2)23-28-19-7-6-16(25)10-17(19)24(31)29(23)27-11-15-8-18(26)22(20(9-15)32-5)33-12-21(30)34-14(3)4/h6-11,13-14H,12H2,1-5H3. The smallest absolute Gasteiger partial charge is 0.344 e. The lowest BCUT2D eigenvalue weighted by molar-refractivity contribution is -0.149. The van der Waals surface area contributed by atoms with Crippen molar-refractivity contribution in [3.05, 3.63) is 61.6 Å². The quantitative estimate of drug-likeness (QED) is 0.284. The monoisotopic (exact) mass is 549 g/mol. The number of methoxy groups -OCH3 is 1. The molecule has 0 amide bonds. The van der Waals surface area contributed by atoms with E-state index >= 15 is 0 Å². The molecule has 180 valence electrons. The van der Waals surface area contributed by atoms with Crippen LogP contribution in [0.2, 0.25) is 5.02 Å². The number of benzene rings is 2. The van der Waals surface area contributed by atoms with E-state index in [2.05, 4.69) is 26.0 Å². The maximum Gasteiger partial charge on any atom is 0.344 e. The number of hydrogen-bond acceptors (Lipinski definition) is 7. The summed E-state index contributed by atoms with van der Waals surface area (Å²) in [6.45, 7) is 7.07. The molecule has 0 aliphatic heterocycles. The van der Waals surface area contributed by atoms with Gasteiger partial charge >= 0.3 is 5.97 Å². The molecule has 0 radical (unpaired) electrons. The minimum Gasteiger partial charge on any atom is -0.493 e. The lowest BCUT2D eigenvalue weighted by Crippen LogP contribution is -2.23. The molecule has 0 N–H and O–H groups in total. The number of carbonyl (C=O) groups excluding carboxylic acids is 1. The molecular weight excluding hydrogens is 526 g/mol. The Morgan fingerprint density at radius 2 is 1.97 bits per heavy atom. The Kier molecular flexibility index (Phi) is 8.33. The van der Waals surface area contributed by atoms with Crippen molar-refractivity contribution in [1.82, 2.24) is 9.66 Å². The van der Waals surface area contributed by atoms with E-state index in [1.807, 2.05) is 19.9 Å². The molecule has 10 heteroatoms. The van der Waals surface area contributed by atoms with Gasteiger partial charge in [0.1, 0.15) is 5.82 Å². The summed E-state index contributed by atoms with van der Waals surface area (Å²) in [5.41, 5.74) is 0.883. The van der Waals surface area contributed by atoms with Crippen molar-refractivity contribution in [2.24, 2.45) is 5.10 Å².